The lowest BCUT2D eigenvalue weighted by molar-refractivity contribution is -0.120. The van der Waals surface area contributed by atoms with Crippen molar-refractivity contribution in [2.45, 2.75) is 32.5 Å². The van der Waals surface area contributed by atoms with E-state index in [1.807, 2.05) is 12.1 Å². The van der Waals surface area contributed by atoms with Gasteiger partial charge in [-0.2, -0.15) is 13.2 Å². The fourth-order valence-corrected chi connectivity index (χ4v) is 2.33. The summed E-state index contributed by atoms with van der Waals surface area (Å²) >= 11 is 0. The number of aromatic nitrogens is 2. The second-order valence-electron chi connectivity index (χ2n) is 5.19. The number of rotatable bonds is 5. The monoisotopic (exact) mass is 300 g/mol. The average Bonchev–Trinajstić information content (AvgIpc) is 2.74. The third-order valence-corrected chi connectivity index (χ3v) is 3.23. The Labute approximate surface area is 121 Å². The number of nitrogens with two attached hydrogens (primary N) is 1. The van der Waals surface area contributed by atoms with Crippen molar-refractivity contribution < 1.29 is 13.2 Å². The van der Waals surface area contributed by atoms with Gasteiger partial charge in [-0.25, -0.2) is 4.98 Å². The molecule has 2 heterocycles. The first-order valence-electron chi connectivity index (χ1n) is 6.83. The summed E-state index contributed by atoms with van der Waals surface area (Å²) in [6.07, 6.45) is -2.01. The van der Waals surface area contributed by atoms with Gasteiger partial charge in [0.2, 0.25) is 0 Å². The number of imidazole rings is 1. The molecule has 4 nitrogen and oxygen atoms in total. The van der Waals surface area contributed by atoms with E-state index in [1.165, 1.54) is 4.90 Å². The van der Waals surface area contributed by atoms with Crippen LogP contribution in [0, 0.1) is 0 Å². The molecule has 2 rings (SSSR count). The normalized spacial score (nSPS) is 12.3. The number of nitrogens with zero attached hydrogens (tertiary/aromatic N) is 3. The maximum atomic E-state index is 12.8. The Morgan fingerprint density at radius 2 is 2.05 bits per heavy atom. The number of hydrogen-bond donors (Lipinski definition) is 1. The predicted molar refractivity (Wildman–Crippen MR) is 76.5 cm³/mol. The second-order valence-corrected chi connectivity index (χ2v) is 5.19. The number of alkyl halides is 3. The Bertz CT molecular complexity index is 604. The summed E-state index contributed by atoms with van der Waals surface area (Å²) in [4.78, 5) is 5.65. The second kappa shape index (κ2) is 5.93. The lowest BCUT2D eigenvalue weighted by Crippen LogP contribution is -2.40. The van der Waals surface area contributed by atoms with Gasteiger partial charge >= 0.3 is 6.18 Å². The van der Waals surface area contributed by atoms with Crippen molar-refractivity contribution in [3.63, 3.8) is 0 Å². The van der Waals surface area contributed by atoms with Crippen molar-refractivity contribution in [3.05, 3.63) is 30.1 Å². The summed E-state index contributed by atoms with van der Waals surface area (Å²) in [6.45, 7) is 2.78. The van der Waals surface area contributed by atoms with Gasteiger partial charge < -0.3 is 15.0 Å². The molecule has 0 aliphatic heterocycles. The Morgan fingerprint density at radius 3 is 2.62 bits per heavy atom. The van der Waals surface area contributed by atoms with Crippen molar-refractivity contribution in [3.8, 4) is 0 Å². The van der Waals surface area contributed by atoms with Gasteiger partial charge in [0.05, 0.1) is 5.69 Å². The van der Waals surface area contributed by atoms with Crippen molar-refractivity contribution >= 4 is 11.5 Å². The van der Waals surface area contributed by atoms with Crippen LogP contribution in [-0.2, 0) is 6.42 Å². The summed E-state index contributed by atoms with van der Waals surface area (Å²) < 4.78 is 40.3. The molecular formula is C14H19F3N4. The summed E-state index contributed by atoms with van der Waals surface area (Å²) in [5.41, 5.74) is 6.94. The Hall–Kier alpha value is -1.76. The van der Waals surface area contributed by atoms with E-state index in [9.17, 15) is 13.2 Å². The van der Waals surface area contributed by atoms with Crippen molar-refractivity contribution in [1.82, 2.24) is 9.38 Å². The molecule has 0 amide bonds. The highest BCUT2D eigenvalue weighted by atomic mass is 19.4. The standard InChI is InChI=1S/C14H19F3N4/c1-10(2)21(9-14(15,16)17)13-11(6-7-18)20-8-4-3-5-12(20)19-13/h3-5,8,10H,6-7,9,18H2,1-2H3. The Balaban J connectivity index is 2.53. The van der Waals surface area contributed by atoms with Crippen LogP contribution in [0.15, 0.2) is 24.4 Å². The third-order valence-electron chi connectivity index (χ3n) is 3.23. The highest BCUT2D eigenvalue weighted by Gasteiger charge is 2.34. The maximum Gasteiger partial charge on any atom is 0.405 e. The van der Waals surface area contributed by atoms with Crippen LogP contribution < -0.4 is 10.6 Å². The molecule has 116 valence electrons. The van der Waals surface area contributed by atoms with Gasteiger partial charge in [0.15, 0.2) is 5.82 Å². The summed E-state index contributed by atoms with van der Waals surface area (Å²) in [7, 11) is 0. The molecule has 7 heteroatoms. The van der Waals surface area contributed by atoms with Crippen molar-refractivity contribution in [2.24, 2.45) is 5.73 Å². The Kier molecular flexibility index (Phi) is 4.41. The summed E-state index contributed by atoms with van der Waals surface area (Å²) in [5, 5.41) is 0. The van der Waals surface area contributed by atoms with Gasteiger partial charge in [-0.3, -0.25) is 0 Å². The quantitative estimate of drug-likeness (QED) is 0.923. The number of anilines is 1. The largest absolute Gasteiger partial charge is 0.405 e. The molecule has 2 N–H and O–H groups in total. The molecule has 0 fully saturated rings. The fourth-order valence-electron chi connectivity index (χ4n) is 2.33. The third kappa shape index (κ3) is 3.47. The number of halogens is 3. The lowest BCUT2D eigenvalue weighted by Gasteiger charge is -2.28. The van der Waals surface area contributed by atoms with E-state index in [-0.39, 0.29) is 6.04 Å². The molecule has 0 spiro atoms. The van der Waals surface area contributed by atoms with Crippen LogP contribution in [0.5, 0.6) is 0 Å². The van der Waals surface area contributed by atoms with E-state index in [1.54, 1.807) is 30.5 Å². The van der Waals surface area contributed by atoms with Crippen LogP contribution in [0.3, 0.4) is 0 Å². The first-order valence-corrected chi connectivity index (χ1v) is 6.83. The molecular weight excluding hydrogens is 281 g/mol. The first-order chi connectivity index (χ1) is 9.83. The predicted octanol–water partition coefficient (Wildman–Crippen LogP) is 2.61. The zero-order chi connectivity index (χ0) is 15.6. The Morgan fingerprint density at radius 1 is 1.33 bits per heavy atom. The number of fused-ring (bicyclic) bond motifs is 1. The lowest BCUT2D eigenvalue weighted by atomic mass is 10.2. The van der Waals surface area contributed by atoms with Gasteiger partial charge in [0.1, 0.15) is 12.2 Å². The minimum Gasteiger partial charge on any atom is -0.344 e. The summed E-state index contributed by atoms with van der Waals surface area (Å²) in [6, 6.07) is 5.09. The number of pyridine rings is 1. The van der Waals surface area contributed by atoms with E-state index < -0.39 is 12.7 Å². The van der Waals surface area contributed by atoms with E-state index in [4.69, 9.17) is 5.73 Å². The molecule has 2 aromatic heterocycles. The molecule has 0 radical (unpaired) electrons. The minimum atomic E-state index is -4.28. The average molecular weight is 300 g/mol. The summed E-state index contributed by atoms with van der Waals surface area (Å²) in [5.74, 6) is 0.360. The minimum absolute atomic E-state index is 0.312. The molecule has 0 unspecified atom stereocenters. The maximum absolute atomic E-state index is 12.8. The van der Waals surface area contributed by atoms with Crippen molar-refractivity contribution in [2.75, 3.05) is 18.0 Å². The van der Waals surface area contributed by atoms with Crippen LogP contribution in [0.2, 0.25) is 0 Å². The van der Waals surface area contributed by atoms with E-state index in [0.29, 0.717) is 30.1 Å². The molecule has 0 atom stereocenters. The zero-order valence-corrected chi connectivity index (χ0v) is 12.1. The van der Waals surface area contributed by atoms with E-state index >= 15 is 0 Å². The van der Waals surface area contributed by atoms with Crippen LogP contribution in [0.4, 0.5) is 19.0 Å². The van der Waals surface area contributed by atoms with Gasteiger partial charge in [-0.15, -0.1) is 0 Å². The molecule has 0 aliphatic carbocycles. The molecule has 2 aromatic rings. The highest BCUT2D eigenvalue weighted by Crippen LogP contribution is 2.27. The molecule has 0 aliphatic rings. The number of hydrogen-bond acceptors (Lipinski definition) is 3. The van der Waals surface area contributed by atoms with Gasteiger partial charge in [-0.05, 0) is 32.5 Å². The van der Waals surface area contributed by atoms with Crippen LogP contribution in [0.25, 0.3) is 5.65 Å². The topological polar surface area (TPSA) is 46.6 Å². The van der Waals surface area contributed by atoms with Gasteiger partial charge in [0.25, 0.3) is 0 Å². The fraction of sp³-hybridized carbons (Fsp3) is 0.500. The van der Waals surface area contributed by atoms with Crippen LogP contribution in [0.1, 0.15) is 19.5 Å². The molecule has 0 bridgehead atoms. The SMILES string of the molecule is CC(C)N(CC(F)(F)F)c1nc2ccccn2c1CCN. The van der Waals surface area contributed by atoms with Crippen LogP contribution >= 0.6 is 0 Å². The first kappa shape index (κ1) is 15.6. The van der Waals surface area contributed by atoms with E-state index in [2.05, 4.69) is 4.98 Å². The molecule has 0 aromatic carbocycles. The smallest absolute Gasteiger partial charge is 0.344 e. The van der Waals surface area contributed by atoms with Gasteiger partial charge in [-0.1, -0.05) is 6.07 Å². The highest BCUT2D eigenvalue weighted by molar-refractivity contribution is 5.56. The van der Waals surface area contributed by atoms with Crippen LogP contribution in [-0.4, -0.2) is 34.7 Å². The van der Waals surface area contributed by atoms with E-state index in [0.717, 1.165) is 0 Å². The zero-order valence-electron chi connectivity index (χ0n) is 12.1. The van der Waals surface area contributed by atoms with Crippen molar-refractivity contribution in [1.29, 1.82) is 0 Å². The molecule has 0 saturated carbocycles. The molecule has 0 saturated heterocycles. The molecule has 21 heavy (non-hydrogen) atoms. The van der Waals surface area contributed by atoms with Gasteiger partial charge in [0, 0.05) is 18.7 Å².